The Balaban J connectivity index is 3.07. The lowest BCUT2D eigenvalue weighted by Crippen LogP contribution is -2.37. The van der Waals surface area contributed by atoms with Crippen molar-refractivity contribution in [1.29, 1.82) is 5.26 Å². The smallest absolute Gasteiger partial charge is 0.364 e. The average Bonchev–Trinajstić information content (AvgIpc) is 2.27. The Morgan fingerprint density at radius 2 is 1.82 bits per heavy atom. The molecule has 0 bridgehead atoms. The average molecular weight is 235 g/mol. The fourth-order valence-corrected chi connectivity index (χ4v) is 1.24. The van der Waals surface area contributed by atoms with Crippen LogP contribution in [0, 0.1) is 11.3 Å². The molecule has 0 spiro atoms. The van der Waals surface area contributed by atoms with E-state index >= 15 is 0 Å². The van der Waals surface area contributed by atoms with E-state index in [1.165, 1.54) is 18.2 Å². The zero-order valence-corrected chi connectivity index (χ0v) is 10.0. The molecular weight excluding hydrogens is 221 g/mol. The third-order valence-electron chi connectivity index (χ3n) is 2.01. The first-order valence-electron chi connectivity index (χ1n) is 5.19. The number of alkyl halides is 1. The van der Waals surface area contributed by atoms with Crippen LogP contribution in [0.2, 0.25) is 0 Å². The van der Waals surface area contributed by atoms with E-state index in [4.69, 9.17) is 10.00 Å². The molecule has 0 aliphatic rings. The molecule has 0 fully saturated rings. The normalized spacial score (nSPS) is 14.5. The van der Waals surface area contributed by atoms with E-state index in [9.17, 15) is 9.18 Å². The molecule has 1 aromatic rings. The van der Waals surface area contributed by atoms with Crippen molar-refractivity contribution in [3.05, 3.63) is 35.9 Å². The molecule has 4 heteroatoms. The largest absolute Gasteiger partial charge is 0.457 e. The molecule has 3 nitrogen and oxygen atoms in total. The molecule has 90 valence electrons. The third-order valence-corrected chi connectivity index (χ3v) is 2.01. The Bertz CT molecular complexity index is 445. The van der Waals surface area contributed by atoms with Crippen molar-refractivity contribution >= 4 is 5.97 Å². The van der Waals surface area contributed by atoms with Gasteiger partial charge in [-0.1, -0.05) is 30.3 Å². The van der Waals surface area contributed by atoms with E-state index in [2.05, 4.69) is 0 Å². The van der Waals surface area contributed by atoms with E-state index in [1.54, 1.807) is 39.0 Å². The van der Waals surface area contributed by atoms with Crippen LogP contribution in [0.4, 0.5) is 4.39 Å². The van der Waals surface area contributed by atoms with E-state index < -0.39 is 17.2 Å². The summed E-state index contributed by atoms with van der Waals surface area (Å²) in [4.78, 5) is 11.7. The second-order valence-electron chi connectivity index (χ2n) is 4.64. The summed E-state index contributed by atoms with van der Waals surface area (Å²) in [5, 5.41) is 8.88. The highest BCUT2D eigenvalue weighted by Crippen LogP contribution is 2.28. The standard InChI is InChI=1S/C13H14FNO2/c1-12(2,3)17-11(16)13(14,9-15)10-7-5-4-6-8-10/h4-8H,1-3H3/t13-/m0/s1. The number of carbonyl (C=O) groups is 1. The van der Waals surface area contributed by atoms with Crippen molar-refractivity contribution in [3.63, 3.8) is 0 Å². The van der Waals surface area contributed by atoms with Crippen molar-refractivity contribution in [2.75, 3.05) is 0 Å². The molecule has 0 radical (unpaired) electrons. The van der Waals surface area contributed by atoms with Gasteiger partial charge in [0.15, 0.2) is 0 Å². The lowest BCUT2D eigenvalue weighted by Gasteiger charge is -2.24. The van der Waals surface area contributed by atoms with Gasteiger partial charge in [0.25, 0.3) is 0 Å². The summed E-state index contributed by atoms with van der Waals surface area (Å²) in [6, 6.07) is 8.94. The molecule has 0 amide bonds. The number of hydrogen-bond acceptors (Lipinski definition) is 3. The highest BCUT2D eigenvalue weighted by Gasteiger charge is 2.44. The summed E-state index contributed by atoms with van der Waals surface area (Å²) in [7, 11) is 0. The minimum atomic E-state index is -2.76. The molecule has 0 aliphatic heterocycles. The molecule has 1 aromatic carbocycles. The molecule has 1 atom stereocenters. The van der Waals surface area contributed by atoms with Gasteiger partial charge in [-0.05, 0) is 20.8 Å². The summed E-state index contributed by atoms with van der Waals surface area (Å²) in [6.45, 7) is 4.86. The van der Waals surface area contributed by atoms with Crippen LogP contribution >= 0.6 is 0 Å². The molecule has 17 heavy (non-hydrogen) atoms. The van der Waals surface area contributed by atoms with Crippen LogP contribution in [-0.4, -0.2) is 11.6 Å². The Labute approximate surface area is 99.8 Å². The quantitative estimate of drug-likeness (QED) is 0.740. The minimum absolute atomic E-state index is 0.0169. The van der Waals surface area contributed by atoms with E-state index in [-0.39, 0.29) is 5.56 Å². The SMILES string of the molecule is CC(C)(C)OC(=O)[C@](F)(C#N)c1ccccc1. The van der Waals surface area contributed by atoms with Crippen LogP contribution < -0.4 is 0 Å². The molecule has 0 aliphatic carbocycles. The molecule has 0 unspecified atom stereocenters. The number of hydrogen-bond donors (Lipinski definition) is 0. The number of halogens is 1. The Morgan fingerprint density at radius 1 is 1.29 bits per heavy atom. The Kier molecular flexibility index (Phi) is 3.52. The first-order chi connectivity index (χ1) is 7.79. The van der Waals surface area contributed by atoms with Crippen LogP contribution in [0.3, 0.4) is 0 Å². The number of benzene rings is 1. The predicted molar refractivity (Wildman–Crippen MR) is 60.7 cm³/mol. The zero-order valence-electron chi connectivity index (χ0n) is 10.0. The van der Waals surface area contributed by atoms with Gasteiger partial charge in [0, 0.05) is 5.56 Å². The third kappa shape index (κ3) is 3.04. The highest BCUT2D eigenvalue weighted by molar-refractivity contribution is 5.85. The molecule has 0 N–H and O–H groups in total. The zero-order chi connectivity index (χ0) is 13.1. The first kappa shape index (κ1) is 13.2. The molecule has 0 saturated carbocycles. The highest BCUT2D eigenvalue weighted by atomic mass is 19.1. The molecule has 0 saturated heterocycles. The van der Waals surface area contributed by atoms with Gasteiger partial charge >= 0.3 is 11.6 Å². The van der Waals surface area contributed by atoms with E-state index in [1.807, 2.05) is 0 Å². The summed E-state index contributed by atoms with van der Waals surface area (Å²) in [6.07, 6.45) is 0. The maximum atomic E-state index is 14.3. The second-order valence-corrected chi connectivity index (χ2v) is 4.64. The molecule has 1 rings (SSSR count). The minimum Gasteiger partial charge on any atom is -0.457 e. The van der Waals surface area contributed by atoms with Gasteiger partial charge in [0.2, 0.25) is 0 Å². The van der Waals surface area contributed by atoms with Crippen molar-refractivity contribution in [1.82, 2.24) is 0 Å². The Morgan fingerprint density at radius 3 is 2.24 bits per heavy atom. The van der Waals surface area contributed by atoms with Crippen molar-refractivity contribution in [2.45, 2.75) is 32.0 Å². The van der Waals surface area contributed by atoms with Gasteiger partial charge in [-0.3, -0.25) is 0 Å². The van der Waals surface area contributed by atoms with Crippen molar-refractivity contribution in [2.24, 2.45) is 0 Å². The Hall–Kier alpha value is -1.89. The summed E-state index contributed by atoms with van der Waals surface area (Å²) in [5.74, 6) is -1.18. The first-order valence-corrected chi connectivity index (χ1v) is 5.19. The number of esters is 1. The predicted octanol–water partition coefficient (Wildman–Crippen LogP) is 2.72. The maximum absolute atomic E-state index is 14.3. The maximum Gasteiger partial charge on any atom is 0.364 e. The van der Waals surface area contributed by atoms with Crippen LogP contribution in [0.15, 0.2) is 30.3 Å². The van der Waals surface area contributed by atoms with Gasteiger partial charge in [-0.25, -0.2) is 9.18 Å². The number of carbonyl (C=O) groups excluding carboxylic acids is 1. The number of nitrogens with zero attached hydrogens (tertiary/aromatic N) is 1. The molecule has 0 aromatic heterocycles. The van der Waals surface area contributed by atoms with Crippen molar-refractivity contribution < 1.29 is 13.9 Å². The summed E-state index contributed by atoms with van der Waals surface area (Å²) >= 11 is 0. The lowest BCUT2D eigenvalue weighted by molar-refractivity contribution is -0.166. The van der Waals surface area contributed by atoms with E-state index in [0.717, 1.165) is 0 Å². The van der Waals surface area contributed by atoms with E-state index in [0.29, 0.717) is 0 Å². The van der Waals surface area contributed by atoms with Crippen LogP contribution in [0.5, 0.6) is 0 Å². The van der Waals surface area contributed by atoms with Gasteiger partial charge in [-0.2, -0.15) is 5.26 Å². The fraction of sp³-hybridized carbons (Fsp3) is 0.385. The van der Waals surface area contributed by atoms with Crippen LogP contribution in [-0.2, 0) is 15.2 Å². The van der Waals surface area contributed by atoms with Gasteiger partial charge in [0.1, 0.15) is 11.7 Å². The number of nitriles is 1. The van der Waals surface area contributed by atoms with Gasteiger partial charge in [-0.15, -0.1) is 0 Å². The summed E-state index contributed by atoms with van der Waals surface area (Å²) in [5.41, 5.74) is -3.61. The topological polar surface area (TPSA) is 50.1 Å². The number of ether oxygens (including phenoxy) is 1. The number of rotatable bonds is 2. The van der Waals surface area contributed by atoms with Gasteiger partial charge < -0.3 is 4.74 Å². The second kappa shape index (κ2) is 4.54. The van der Waals surface area contributed by atoms with Crippen LogP contribution in [0.1, 0.15) is 26.3 Å². The van der Waals surface area contributed by atoms with Gasteiger partial charge in [0.05, 0.1) is 0 Å². The molecular formula is C13H14FNO2. The fourth-order valence-electron chi connectivity index (χ4n) is 1.24. The molecule has 0 heterocycles. The van der Waals surface area contributed by atoms with Crippen molar-refractivity contribution in [3.8, 4) is 6.07 Å². The lowest BCUT2D eigenvalue weighted by atomic mass is 9.97. The van der Waals surface area contributed by atoms with Crippen LogP contribution in [0.25, 0.3) is 0 Å². The summed E-state index contributed by atoms with van der Waals surface area (Å²) < 4.78 is 19.3. The monoisotopic (exact) mass is 235 g/mol.